The van der Waals surface area contributed by atoms with Gasteiger partial charge in [0.25, 0.3) is 5.91 Å². The molecule has 2 rings (SSSR count). The Bertz CT molecular complexity index is 853. The Kier molecular flexibility index (Phi) is 7.00. The summed E-state index contributed by atoms with van der Waals surface area (Å²) in [6, 6.07) is 11.5. The smallest absolute Gasteiger partial charge is 0.272 e. The zero-order valence-corrected chi connectivity index (χ0v) is 15.7. The molecule has 0 saturated carbocycles. The predicted octanol–water partition coefficient (Wildman–Crippen LogP) is 4.14. The van der Waals surface area contributed by atoms with E-state index in [1.165, 1.54) is 7.11 Å². The zero-order valence-electron chi connectivity index (χ0n) is 14.2. The van der Waals surface area contributed by atoms with Crippen LogP contribution in [0.2, 0.25) is 10.0 Å². The van der Waals surface area contributed by atoms with Gasteiger partial charge >= 0.3 is 0 Å². The van der Waals surface area contributed by atoms with Gasteiger partial charge in [-0.1, -0.05) is 35.3 Å². The molecule has 2 N–H and O–H groups in total. The maximum Gasteiger partial charge on any atom is 0.272 e. The van der Waals surface area contributed by atoms with Gasteiger partial charge in [0.05, 0.1) is 29.8 Å². The molecule has 2 amide bonds. The lowest BCUT2D eigenvalue weighted by atomic mass is 10.2. The summed E-state index contributed by atoms with van der Waals surface area (Å²) >= 11 is 11.9. The minimum absolute atomic E-state index is 0.0154. The first-order chi connectivity index (χ1) is 12.4. The van der Waals surface area contributed by atoms with Gasteiger partial charge in [0.2, 0.25) is 5.91 Å². The SMILES string of the molecule is COc1ccc(Cl)cc1NC(=O)CC(C)=NNC(=O)c1ccccc1Cl. The van der Waals surface area contributed by atoms with Crippen LogP contribution in [0.5, 0.6) is 5.75 Å². The molecule has 0 atom stereocenters. The molecule has 0 aliphatic carbocycles. The van der Waals surface area contributed by atoms with E-state index in [9.17, 15) is 9.59 Å². The summed E-state index contributed by atoms with van der Waals surface area (Å²) in [5, 5.41) is 7.42. The van der Waals surface area contributed by atoms with Crippen LogP contribution in [0, 0.1) is 0 Å². The van der Waals surface area contributed by atoms with Crippen molar-refractivity contribution in [1.29, 1.82) is 0 Å². The minimum Gasteiger partial charge on any atom is -0.495 e. The van der Waals surface area contributed by atoms with Gasteiger partial charge in [0, 0.05) is 10.7 Å². The van der Waals surface area contributed by atoms with Crippen LogP contribution in [0.4, 0.5) is 5.69 Å². The second-order valence-corrected chi connectivity index (χ2v) is 6.18. The Labute approximate surface area is 161 Å². The van der Waals surface area contributed by atoms with E-state index in [4.69, 9.17) is 27.9 Å². The molecule has 0 radical (unpaired) electrons. The van der Waals surface area contributed by atoms with Crippen LogP contribution >= 0.6 is 23.2 Å². The highest BCUT2D eigenvalue weighted by Crippen LogP contribution is 2.27. The van der Waals surface area contributed by atoms with E-state index >= 15 is 0 Å². The molecule has 26 heavy (non-hydrogen) atoms. The predicted molar refractivity (Wildman–Crippen MR) is 103 cm³/mol. The highest BCUT2D eigenvalue weighted by atomic mass is 35.5. The lowest BCUT2D eigenvalue weighted by molar-refractivity contribution is -0.115. The topological polar surface area (TPSA) is 79.8 Å². The lowest BCUT2D eigenvalue weighted by Crippen LogP contribution is -2.21. The Hall–Kier alpha value is -2.57. The van der Waals surface area contributed by atoms with Crippen molar-refractivity contribution in [2.24, 2.45) is 5.10 Å². The third-order valence-electron chi connectivity index (χ3n) is 3.32. The Morgan fingerprint density at radius 3 is 2.58 bits per heavy atom. The number of nitrogens with zero attached hydrogens (tertiary/aromatic N) is 1. The molecule has 0 aliphatic heterocycles. The summed E-state index contributed by atoms with van der Waals surface area (Å²) in [5.74, 6) is -0.282. The first-order valence-electron chi connectivity index (χ1n) is 7.62. The lowest BCUT2D eigenvalue weighted by Gasteiger charge is -2.10. The van der Waals surface area contributed by atoms with Crippen LogP contribution in [0.3, 0.4) is 0 Å². The molecule has 8 heteroatoms. The summed E-state index contributed by atoms with van der Waals surface area (Å²) in [6.07, 6.45) is -0.0154. The number of carbonyl (C=O) groups is 2. The highest BCUT2D eigenvalue weighted by Gasteiger charge is 2.11. The van der Waals surface area contributed by atoms with Gasteiger partial charge in [-0.05, 0) is 37.3 Å². The fourth-order valence-electron chi connectivity index (χ4n) is 2.10. The van der Waals surface area contributed by atoms with E-state index in [-0.39, 0.29) is 12.3 Å². The number of amides is 2. The van der Waals surface area contributed by atoms with Crippen LogP contribution < -0.4 is 15.5 Å². The van der Waals surface area contributed by atoms with Crippen molar-refractivity contribution in [3.63, 3.8) is 0 Å². The molecular formula is C18H17Cl2N3O3. The van der Waals surface area contributed by atoms with Crippen molar-refractivity contribution in [2.75, 3.05) is 12.4 Å². The maximum absolute atomic E-state index is 12.1. The first kappa shape index (κ1) is 19.8. The van der Waals surface area contributed by atoms with Gasteiger partial charge in [-0.3, -0.25) is 9.59 Å². The van der Waals surface area contributed by atoms with E-state index in [1.54, 1.807) is 49.4 Å². The first-order valence-corrected chi connectivity index (χ1v) is 8.37. The molecule has 0 bridgehead atoms. The Balaban J connectivity index is 1.96. The highest BCUT2D eigenvalue weighted by molar-refractivity contribution is 6.33. The monoisotopic (exact) mass is 393 g/mol. The van der Waals surface area contributed by atoms with Crippen molar-refractivity contribution in [1.82, 2.24) is 5.43 Å². The molecule has 0 spiro atoms. The van der Waals surface area contributed by atoms with E-state index in [1.807, 2.05) is 0 Å². The average molecular weight is 394 g/mol. The van der Waals surface area contributed by atoms with Crippen molar-refractivity contribution < 1.29 is 14.3 Å². The van der Waals surface area contributed by atoms with Crippen LogP contribution in [-0.2, 0) is 4.79 Å². The van der Waals surface area contributed by atoms with Crippen LogP contribution in [0.15, 0.2) is 47.6 Å². The van der Waals surface area contributed by atoms with Crippen molar-refractivity contribution >= 4 is 46.4 Å². The third-order valence-corrected chi connectivity index (χ3v) is 3.88. The molecule has 0 saturated heterocycles. The van der Waals surface area contributed by atoms with Crippen molar-refractivity contribution in [3.8, 4) is 5.75 Å². The normalized spacial score (nSPS) is 11.0. The number of nitrogens with one attached hydrogen (secondary N) is 2. The molecule has 2 aromatic carbocycles. The molecule has 0 aromatic heterocycles. The second kappa shape index (κ2) is 9.22. The van der Waals surface area contributed by atoms with Crippen molar-refractivity contribution in [3.05, 3.63) is 58.1 Å². The summed E-state index contributed by atoms with van der Waals surface area (Å²) in [5.41, 5.74) is 3.56. The number of benzene rings is 2. The number of hydrogen-bond donors (Lipinski definition) is 2. The number of rotatable bonds is 6. The van der Waals surface area contributed by atoms with Gasteiger partial charge < -0.3 is 10.1 Å². The quantitative estimate of drug-likeness (QED) is 0.571. The number of ether oxygens (including phenoxy) is 1. The summed E-state index contributed by atoms with van der Waals surface area (Å²) in [7, 11) is 1.50. The number of hydrogen-bond acceptors (Lipinski definition) is 4. The van der Waals surface area contributed by atoms with Crippen LogP contribution in [-0.4, -0.2) is 24.6 Å². The fourth-order valence-corrected chi connectivity index (χ4v) is 2.49. The summed E-state index contributed by atoms with van der Waals surface area (Å²) < 4.78 is 5.17. The van der Waals surface area contributed by atoms with Gasteiger partial charge in [-0.2, -0.15) is 5.10 Å². The molecule has 136 valence electrons. The molecule has 0 unspecified atom stereocenters. The number of halogens is 2. The summed E-state index contributed by atoms with van der Waals surface area (Å²) in [4.78, 5) is 24.2. The summed E-state index contributed by atoms with van der Waals surface area (Å²) in [6.45, 7) is 1.63. The van der Waals surface area contributed by atoms with Gasteiger partial charge in [-0.25, -0.2) is 5.43 Å². The van der Waals surface area contributed by atoms with Gasteiger partial charge in [0.15, 0.2) is 0 Å². The van der Waals surface area contributed by atoms with Gasteiger partial charge in [0.1, 0.15) is 5.75 Å². The van der Waals surface area contributed by atoms with E-state index in [0.29, 0.717) is 32.8 Å². The number of methoxy groups -OCH3 is 1. The second-order valence-electron chi connectivity index (χ2n) is 5.34. The zero-order chi connectivity index (χ0) is 19.1. The van der Waals surface area contributed by atoms with Crippen LogP contribution in [0.1, 0.15) is 23.7 Å². The van der Waals surface area contributed by atoms with Crippen LogP contribution in [0.25, 0.3) is 0 Å². The average Bonchev–Trinajstić information content (AvgIpc) is 2.60. The molecule has 0 heterocycles. The standard InChI is InChI=1S/C18H17Cl2N3O3/c1-11(22-23-18(25)13-5-3-4-6-14(13)20)9-17(24)21-15-10-12(19)7-8-16(15)26-2/h3-8,10H,9H2,1-2H3,(H,21,24)(H,23,25). The molecule has 6 nitrogen and oxygen atoms in total. The number of hydrazone groups is 1. The van der Waals surface area contributed by atoms with E-state index in [2.05, 4.69) is 15.8 Å². The Morgan fingerprint density at radius 2 is 1.88 bits per heavy atom. The third kappa shape index (κ3) is 5.47. The Morgan fingerprint density at radius 1 is 1.15 bits per heavy atom. The number of anilines is 1. The molecule has 0 fully saturated rings. The molecular weight excluding hydrogens is 377 g/mol. The largest absolute Gasteiger partial charge is 0.495 e. The van der Waals surface area contributed by atoms with Gasteiger partial charge in [-0.15, -0.1) is 0 Å². The molecule has 2 aromatic rings. The van der Waals surface area contributed by atoms with Crippen molar-refractivity contribution in [2.45, 2.75) is 13.3 Å². The van der Waals surface area contributed by atoms with E-state index in [0.717, 1.165) is 0 Å². The fraction of sp³-hybridized carbons (Fsp3) is 0.167. The number of carbonyl (C=O) groups excluding carboxylic acids is 2. The minimum atomic E-state index is -0.452. The molecule has 0 aliphatic rings. The van der Waals surface area contributed by atoms with E-state index < -0.39 is 5.91 Å². The maximum atomic E-state index is 12.1.